The van der Waals surface area contributed by atoms with Gasteiger partial charge in [0, 0.05) is 32.1 Å². The van der Waals surface area contributed by atoms with Gasteiger partial charge in [-0.2, -0.15) is 0 Å². The van der Waals surface area contributed by atoms with Gasteiger partial charge >= 0.3 is 0 Å². The molecule has 3 nitrogen and oxygen atoms in total. The largest absolute Gasteiger partial charge is 0.300 e. The predicted octanol–water partition coefficient (Wildman–Crippen LogP) is 3.88. The minimum atomic E-state index is 0.189. The van der Waals surface area contributed by atoms with Crippen LogP contribution < -0.4 is 0 Å². The Balaban J connectivity index is 3.58. The fourth-order valence-electron chi connectivity index (χ4n) is 2.09. The van der Waals surface area contributed by atoms with Crippen molar-refractivity contribution >= 4 is 17.3 Å². The molecule has 0 fully saturated rings. The molecule has 0 spiro atoms. The zero-order chi connectivity index (χ0) is 14.7. The van der Waals surface area contributed by atoms with Crippen molar-refractivity contribution in [1.82, 2.24) is 0 Å². The molecular formula is C16H28O3. The van der Waals surface area contributed by atoms with Crippen LogP contribution in [0.3, 0.4) is 0 Å². The predicted molar refractivity (Wildman–Crippen MR) is 77.1 cm³/mol. The van der Waals surface area contributed by atoms with Gasteiger partial charge in [-0.1, -0.05) is 13.8 Å². The molecule has 0 rings (SSSR count). The van der Waals surface area contributed by atoms with Crippen molar-refractivity contribution in [3.8, 4) is 0 Å². The van der Waals surface area contributed by atoms with Crippen molar-refractivity contribution in [3.05, 3.63) is 0 Å². The summed E-state index contributed by atoms with van der Waals surface area (Å²) in [5.41, 5.74) is 0. The molecule has 0 aliphatic carbocycles. The molecule has 0 saturated carbocycles. The topological polar surface area (TPSA) is 51.2 Å². The minimum absolute atomic E-state index is 0.189. The third-order valence-corrected chi connectivity index (χ3v) is 3.26. The van der Waals surface area contributed by atoms with Gasteiger partial charge in [0.15, 0.2) is 0 Å². The molecule has 1 atom stereocenters. The van der Waals surface area contributed by atoms with Crippen molar-refractivity contribution in [3.63, 3.8) is 0 Å². The van der Waals surface area contributed by atoms with Gasteiger partial charge in [0.25, 0.3) is 0 Å². The van der Waals surface area contributed by atoms with Crippen LogP contribution in [0.2, 0.25) is 0 Å². The first kappa shape index (κ1) is 18.0. The maximum atomic E-state index is 11.7. The van der Waals surface area contributed by atoms with Crippen molar-refractivity contribution < 1.29 is 14.4 Å². The number of carbonyl (C=O) groups is 3. The highest BCUT2D eigenvalue weighted by Gasteiger charge is 2.10. The first-order valence-electron chi connectivity index (χ1n) is 7.48. The Bertz CT molecular complexity index is 294. The highest BCUT2D eigenvalue weighted by atomic mass is 16.1. The number of rotatable bonds is 12. The van der Waals surface area contributed by atoms with Gasteiger partial charge < -0.3 is 4.79 Å². The smallest absolute Gasteiger partial charge is 0.133 e. The summed E-state index contributed by atoms with van der Waals surface area (Å²) >= 11 is 0. The third kappa shape index (κ3) is 11.8. The molecular weight excluding hydrogens is 240 g/mol. The van der Waals surface area contributed by atoms with Crippen LogP contribution in [-0.4, -0.2) is 17.3 Å². The molecule has 0 bridgehead atoms. The Hall–Kier alpha value is -0.990. The summed E-state index contributed by atoms with van der Waals surface area (Å²) in [4.78, 5) is 33.8. The number of unbranched alkanes of at least 4 members (excludes halogenated alkanes) is 1. The quantitative estimate of drug-likeness (QED) is 0.505. The molecule has 0 aromatic rings. The Morgan fingerprint density at radius 3 is 2.00 bits per heavy atom. The summed E-state index contributed by atoms with van der Waals surface area (Å²) in [6.07, 6.45) is 6.33. The standard InChI is InChI=1S/C16H28O3/c1-4-7-15(18)8-5-6-9-16(19)12-13(2)10-11-14(3)17/h13H,4-12H2,1-3H3. The molecule has 0 aliphatic heterocycles. The molecule has 110 valence electrons. The summed E-state index contributed by atoms with van der Waals surface area (Å²) in [7, 11) is 0. The van der Waals surface area contributed by atoms with Gasteiger partial charge in [-0.05, 0) is 38.5 Å². The van der Waals surface area contributed by atoms with Crippen LogP contribution in [-0.2, 0) is 14.4 Å². The van der Waals surface area contributed by atoms with E-state index in [2.05, 4.69) is 0 Å². The molecule has 0 N–H and O–H groups in total. The lowest BCUT2D eigenvalue weighted by molar-refractivity contribution is -0.121. The Morgan fingerprint density at radius 2 is 1.47 bits per heavy atom. The summed E-state index contributed by atoms with van der Waals surface area (Å²) in [6.45, 7) is 5.61. The van der Waals surface area contributed by atoms with Crippen LogP contribution in [0, 0.1) is 5.92 Å². The fourth-order valence-corrected chi connectivity index (χ4v) is 2.09. The lowest BCUT2D eigenvalue weighted by Crippen LogP contribution is -2.07. The highest BCUT2D eigenvalue weighted by Crippen LogP contribution is 2.14. The van der Waals surface area contributed by atoms with Crippen LogP contribution in [0.1, 0.15) is 78.6 Å². The summed E-state index contributed by atoms with van der Waals surface area (Å²) < 4.78 is 0. The molecule has 0 aliphatic rings. The van der Waals surface area contributed by atoms with Crippen molar-refractivity contribution in [2.45, 2.75) is 78.6 Å². The molecule has 3 heteroatoms. The molecule has 0 aromatic carbocycles. The van der Waals surface area contributed by atoms with E-state index in [1.807, 2.05) is 13.8 Å². The zero-order valence-electron chi connectivity index (χ0n) is 12.7. The first-order valence-corrected chi connectivity index (χ1v) is 7.48. The van der Waals surface area contributed by atoms with Gasteiger partial charge in [-0.3, -0.25) is 9.59 Å². The lowest BCUT2D eigenvalue weighted by atomic mass is 9.95. The van der Waals surface area contributed by atoms with Crippen molar-refractivity contribution in [2.24, 2.45) is 5.92 Å². The number of hydrogen-bond acceptors (Lipinski definition) is 3. The molecule has 0 aromatic heterocycles. The van der Waals surface area contributed by atoms with E-state index in [1.165, 1.54) is 0 Å². The van der Waals surface area contributed by atoms with Crippen LogP contribution in [0.25, 0.3) is 0 Å². The third-order valence-electron chi connectivity index (χ3n) is 3.26. The van der Waals surface area contributed by atoms with Crippen LogP contribution in [0.5, 0.6) is 0 Å². The van der Waals surface area contributed by atoms with E-state index in [-0.39, 0.29) is 17.5 Å². The fraction of sp³-hybridized carbons (Fsp3) is 0.812. The maximum Gasteiger partial charge on any atom is 0.133 e. The second-order valence-corrected chi connectivity index (χ2v) is 5.58. The van der Waals surface area contributed by atoms with E-state index in [0.29, 0.717) is 37.9 Å². The van der Waals surface area contributed by atoms with Gasteiger partial charge in [0.2, 0.25) is 0 Å². The Morgan fingerprint density at radius 1 is 0.895 bits per heavy atom. The average molecular weight is 268 g/mol. The SMILES string of the molecule is CCCC(=O)CCCCC(=O)CC(C)CCC(C)=O. The lowest BCUT2D eigenvalue weighted by Gasteiger charge is -2.09. The molecule has 0 amide bonds. The molecule has 0 saturated heterocycles. The van der Waals surface area contributed by atoms with Crippen LogP contribution in [0.15, 0.2) is 0 Å². The molecule has 0 heterocycles. The first-order chi connectivity index (χ1) is 8.95. The molecule has 1 unspecified atom stereocenters. The van der Waals surface area contributed by atoms with E-state index < -0.39 is 0 Å². The highest BCUT2D eigenvalue weighted by molar-refractivity contribution is 5.79. The normalized spacial score (nSPS) is 12.2. The summed E-state index contributed by atoms with van der Waals surface area (Å²) in [5, 5.41) is 0. The van der Waals surface area contributed by atoms with Gasteiger partial charge in [0.05, 0.1) is 0 Å². The maximum absolute atomic E-state index is 11.7. The van der Waals surface area contributed by atoms with Gasteiger partial charge in [-0.25, -0.2) is 0 Å². The number of ketones is 3. The van der Waals surface area contributed by atoms with Gasteiger partial charge in [-0.15, -0.1) is 0 Å². The van der Waals surface area contributed by atoms with Crippen LogP contribution >= 0.6 is 0 Å². The second-order valence-electron chi connectivity index (χ2n) is 5.58. The molecule has 19 heavy (non-hydrogen) atoms. The van der Waals surface area contributed by atoms with E-state index in [0.717, 1.165) is 25.7 Å². The number of Topliss-reactive ketones (excluding diaryl/α,β-unsaturated/α-hetero) is 3. The summed E-state index contributed by atoms with van der Waals surface area (Å²) in [5.74, 6) is 1.05. The Labute approximate surface area is 117 Å². The number of hydrogen-bond donors (Lipinski definition) is 0. The van der Waals surface area contributed by atoms with E-state index >= 15 is 0 Å². The van der Waals surface area contributed by atoms with E-state index in [4.69, 9.17) is 0 Å². The second kappa shape index (κ2) is 10.9. The molecule has 0 radical (unpaired) electrons. The van der Waals surface area contributed by atoms with E-state index in [9.17, 15) is 14.4 Å². The van der Waals surface area contributed by atoms with Crippen LogP contribution in [0.4, 0.5) is 0 Å². The minimum Gasteiger partial charge on any atom is -0.300 e. The monoisotopic (exact) mass is 268 g/mol. The summed E-state index contributed by atoms with van der Waals surface area (Å²) in [6, 6.07) is 0. The Kier molecular flexibility index (Phi) is 10.3. The number of carbonyl (C=O) groups excluding carboxylic acids is 3. The van der Waals surface area contributed by atoms with E-state index in [1.54, 1.807) is 6.92 Å². The van der Waals surface area contributed by atoms with Gasteiger partial charge in [0.1, 0.15) is 17.3 Å². The van der Waals surface area contributed by atoms with Crippen molar-refractivity contribution in [2.75, 3.05) is 0 Å². The van der Waals surface area contributed by atoms with Crippen molar-refractivity contribution in [1.29, 1.82) is 0 Å². The average Bonchev–Trinajstić information content (AvgIpc) is 2.32. The zero-order valence-corrected chi connectivity index (χ0v) is 12.7.